The molecule has 1 fully saturated rings. The maximum atomic E-state index is 9.65. The van der Waals surface area contributed by atoms with Crippen LogP contribution in [0, 0.1) is 5.92 Å². The first-order valence-electron chi connectivity index (χ1n) is 7.80. The number of hydrogen-bond acceptors (Lipinski definition) is 4. The third-order valence-corrected chi connectivity index (χ3v) is 5.19. The molecule has 0 atom stereocenters. The lowest BCUT2D eigenvalue weighted by Gasteiger charge is -2.23. The van der Waals surface area contributed by atoms with Crippen LogP contribution >= 0.6 is 11.3 Å². The molecule has 0 amide bonds. The van der Waals surface area contributed by atoms with Crippen molar-refractivity contribution in [3.05, 3.63) is 16.6 Å². The number of aliphatic hydroxyl groups is 1. The Balaban J connectivity index is 2.11. The average Bonchev–Trinajstić information content (AvgIpc) is 2.95. The molecule has 0 unspecified atom stereocenters. The van der Waals surface area contributed by atoms with Crippen molar-refractivity contribution >= 4 is 22.5 Å². The Hall–Kier alpha value is -0.870. The van der Waals surface area contributed by atoms with Crippen molar-refractivity contribution in [1.29, 1.82) is 0 Å². The lowest BCUT2D eigenvalue weighted by atomic mass is 9.84. The van der Waals surface area contributed by atoms with Gasteiger partial charge >= 0.3 is 0 Å². The maximum absolute atomic E-state index is 9.65. The normalized spacial score (nSPS) is 17.4. The Morgan fingerprint density at radius 2 is 2.05 bits per heavy atom. The first-order chi connectivity index (χ1) is 9.78. The Kier molecular flexibility index (Phi) is 6.05. The van der Waals surface area contributed by atoms with Crippen molar-refractivity contribution < 1.29 is 5.11 Å². The molecule has 1 aromatic rings. The van der Waals surface area contributed by atoms with Gasteiger partial charge in [-0.25, -0.2) is 4.98 Å². The minimum Gasteiger partial charge on any atom is -0.392 e. The molecule has 1 heterocycles. The van der Waals surface area contributed by atoms with E-state index in [0.717, 1.165) is 18.2 Å². The van der Waals surface area contributed by atoms with E-state index in [9.17, 15) is 5.11 Å². The van der Waals surface area contributed by atoms with Crippen LogP contribution in [0.25, 0.3) is 6.08 Å². The van der Waals surface area contributed by atoms with Gasteiger partial charge in [0, 0.05) is 24.2 Å². The lowest BCUT2D eigenvalue weighted by molar-refractivity contribution is 0.295. The number of thiazole rings is 1. The fourth-order valence-electron chi connectivity index (χ4n) is 2.93. The third-order valence-electron chi connectivity index (χ3n) is 4.19. The predicted octanol–water partition coefficient (Wildman–Crippen LogP) is 3.95. The van der Waals surface area contributed by atoms with Crippen molar-refractivity contribution in [1.82, 2.24) is 4.98 Å². The van der Waals surface area contributed by atoms with Crippen molar-refractivity contribution in [3.63, 3.8) is 0 Å². The molecule has 2 rings (SSSR count). The molecule has 1 aliphatic carbocycles. The van der Waals surface area contributed by atoms with Crippen LogP contribution in [-0.4, -0.2) is 29.8 Å². The molecule has 0 aromatic carbocycles. The molecule has 0 bridgehead atoms. The van der Waals surface area contributed by atoms with Gasteiger partial charge in [-0.2, -0.15) is 0 Å². The van der Waals surface area contributed by atoms with E-state index in [0.29, 0.717) is 5.92 Å². The van der Waals surface area contributed by atoms with E-state index in [1.807, 2.05) is 6.20 Å². The van der Waals surface area contributed by atoms with Crippen molar-refractivity contribution in [2.24, 2.45) is 5.92 Å². The molecular weight excluding hydrogens is 268 g/mol. The fraction of sp³-hybridized carbons (Fsp3) is 0.688. The summed E-state index contributed by atoms with van der Waals surface area (Å²) in [5.41, 5.74) is 1.19. The summed E-state index contributed by atoms with van der Waals surface area (Å²) in [6, 6.07) is 0. The number of aromatic nitrogens is 1. The van der Waals surface area contributed by atoms with Gasteiger partial charge in [0.25, 0.3) is 0 Å². The smallest absolute Gasteiger partial charge is 0.185 e. The van der Waals surface area contributed by atoms with Crippen LogP contribution in [0.4, 0.5) is 5.13 Å². The molecule has 0 radical (unpaired) electrons. The quantitative estimate of drug-likeness (QED) is 0.863. The van der Waals surface area contributed by atoms with Crippen molar-refractivity contribution in [3.8, 4) is 0 Å². The summed E-state index contributed by atoms with van der Waals surface area (Å²) in [7, 11) is 0. The Morgan fingerprint density at radius 1 is 1.35 bits per heavy atom. The first-order valence-corrected chi connectivity index (χ1v) is 8.62. The van der Waals surface area contributed by atoms with Gasteiger partial charge in [0.2, 0.25) is 0 Å². The second kappa shape index (κ2) is 7.79. The summed E-state index contributed by atoms with van der Waals surface area (Å²) < 4.78 is 0. The molecule has 1 N–H and O–H groups in total. The van der Waals surface area contributed by atoms with Crippen LogP contribution in [0.3, 0.4) is 0 Å². The van der Waals surface area contributed by atoms with Gasteiger partial charge in [-0.15, -0.1) is 0 Å². The minimum absolute atomic E-state index is 0.184. The van der Waals surface area contributed by atoms with Crippen molar-refractivity contribution in [2.45, 2.75) is 46.0 Å². The molecule has 112 valence electrons. The second-order valence-electron chi connectivity index (χ2n) is 5.43. The highest BCUT2D eigenvalue weighted by Gasteiger charge is 2.17. The molecule has 1 aliphatic rings. The third kappa shape index (κ3) is 3.83. The maximum Gasteiger partial charge on any atom is 0.185 e. The van der Waals surface area contributed by atoms with Gasteiger partial charge in [-0.1, -0.05) is 30.6 Å². The Bertz CT molecular complexity index is 431. The van der Waals surface area contributed by atoms with Gasteiger partial charge in [0.1, 0.15) is 0 Å². The number of anilines is 1. The van der Waals surface area contributed by atoms with E-state index in [4.69, 9.17) is 0 Å². The number of hydrogen-bond donors (Lipinski definition) is 1. The average molecular weight is 294 g/mol. The topological polar surface area (TPSA) is 36.4 Å². The summed E-state index contributed by atoms with van der Waals surface area (Å²) in [6.45, 7) is 6.47. The van der Waals surface area contributed by atoms with E-state index in [-0.39, 0.29) is 6.61 Å². The molecule has 0 saturated heterocycles. The molecule has 3 nitrogen and oxygen atoms in total. The standard InChI is InChI=1S/C16H26N2OS/c1-3-18(4-2)16-17-11-15(20-16)10-14(12-19)13-8-6-5-7-9-13/h10-11,13,19H,3-9,12H2,1-2H3/b14-10-. The van der Waals surface area contributed by atoms with Crippen LogP contribution in [-0.2, 0) is 0 Å². The van der Waals surface area contributed by atoms with Gasteiger partial charge in [-0.05, 0) is 44.3 Å². The van der Waals surface area contributed by atoms with E-state index >= 15 is 0 Å². The SMILES string of the molecule is CCN(CC)c1ncc(/C=C(/CO)C2CCCCC2)s1. The minimum atomic E-state index is 0.184. The predicted molar refractivity (Wildman–Crippen MR) is 87.3 cm³/mol. The van der Waals surface area contributed by atoms with Gasteiger partial charge < -0.3 is 10.0 Å². The molecule has 0 spiro atoms. The Labute approximate surface area is 126 Å². The van der Waals surface area contributed by atoms with Crippen molar-refractivity contribution in [2.75, 3.05) is 24.6 Å². The number of rotatable bonds is 6. The zero-order chi connectivity index (χ0) is 14.4. The summed E-state index contributed by atoms with van der Waals surface area (Å²) in [6.07, 6.45) is 10.5. The number of aliphatic hydroxyl groups excluding tert-OH is 1. The van der Waals surface area contributed by atoms with Gasteiger partial charge in [0.15, 0.2) is 5.13 Å². The molecule has 4 heteroatoms. The first kappa shape index (κ1) is 15.5. The van der Waals surface area contributed by atoms with Crippen LogP contribution in [0.5, 0.6) is 0 Å². The van der Waals surface area contributed by atoms with E-state index < -0.39 is 0 Å². The highest BCUT2D eigenvalue weighted by atomic mass is 32.1. The van der Waals surface area contributed by atoms with Gasteiger partial charge in [0.05, 0.1) is 6.61 Å². The Morgan fingerprint density at radius 3 is 2.65 bits per heavy atom. The monoisotopic (exact) mass is 294 g/mol. The van der Waals surface area contributed by atoms with E-state index in [2.05, 4.69) is 29.8 Å². The van der Waals surface area contributed by atoms with E-state index in [1.54, 1.807) is 11.3 Å². The summed E-state index contributed by atoms with van der Waals surface area (Å²) >= 11 is 1.73. The molecule has 20 heavy (non-hydrogen) atoms. The number of nitrogens with zero attached hydrogens (tertiary/aromatic N) is 2. The van der Waals surface area contributed by atoms with Crippen LogP contribution in [0.15, 0.2) is 11.8 Å². The largest absolute Gasteiger partial charge is 0.392 e. The van der Waals surface area contributed by atoms with Crippen LogP contribution in [0.2, 0.25) is 0 Å². The van der Waals surface area contributed by atoms with Crippen LogP contribution < -0.4 is 4.90 Å². The summed E-state index contributed by atoms with van der Waals surface area (Å²) in [4.78, 5) is 7.94. The lowest BCUT2D eigenvalue weighted by Crippen LogP contribution is -2.21. The molecule has 0 aliphatic heterocycles. The van der Waals surface area contributed by atoms with Gasteiger partial charge in [-0.3, -0.25) is 0 Å². The summed E-state index contributed by atoms with van der Waals surface area (Å²) in [5.74, 6) is 0.577. The zero-order valence-corrected chi connectivity index (χ0v) is 13.5. The van der Waals surface area contributed by atoms with Crippen LogP contribution in [0.1, 0.15) is 50.8 Å². The molecule has 1 aromatic heterocycles. The fourth-order valence-corrected chi connectivity index (χ4v) is 3.95. The highest BCUT2D eigenvalue weighted by Crippen LogP contribution is 2.32. The second-order valence-corrected chi connectivity index (χ2v) is 6.47. The van der Waals surface area contributed by atoms with E-state index in [1.165, 1.54) is 42.6 Å². The molecular formula is C16H26N2OS. The zero-order valence-electron chi connectivity index (χ0n) is 12.6. The molecule has 1 saturated carbocycles. The highest BCUT2D eigenvalue weighted by molar-refractivity contribution is 7.16. The summed E-state index contributed by atoms with van der Waals surface area (Å²) in [5, 5.41) is 10.7.